The Hall–Kier alpha value is -1.44. The third-order valence-corrected chi connectivity index (χ3v) is 3.36. The fourth-order valence-corrected chi connectivity index (χ4v) is 2.26. The Morgan fingerprint density at radius 2 is 1.61 bits per heavy atom. The molecular formula is C15H10Cl2O. The van der Waals surface area contributed by atoms with Crippen molar-refractivity contribution >= 4 is 29.3 Å². The Labute approximate surface area is 116 Å². The van der Waals surface area contributed by atoms with Gasteiger partial charge in [0.1, 0.15) is 11.9 Å². The number of fused-ring (bicyclic) bond motifs is 1. The predicted octanol–water partition coefficient (Wildman–Crippen LogP) is 5.14. The molecule has 0 aliphatic carbocycles. The number of hydrogen-bond donors (Lipinski definition) is 0. The Morgan fingerprint density at radius 3 is 2.39 bits per heavy atom. The summed E-state index contributed by atoms with van der Waals surface area (Å²) in [5.74, 6) is 0.849. The van der Waals surface area contributed by atoms with Crippen LogP contribution in [0.1, 0.15) is 17.2 Å². The lowest BCUT2D eigenvalue weighted by Crippen LogP contribution is -2.08. The van der Waals surface area contributed by atoms with Gasteiger partial charge in [-0.1, -0.05) is 41.4 Å². The Bertz CT molecular complexity index is 602. The van der Waals surface area contributed by atoms with E-state index in [-0.39, 0.29) is 6.10 Å². The molecule has 0 saturated carbocycles. The maximum absolute atomic E-state index is 5.94. The molecule has 0 unspecified atom stereocenters. The second kappa shape index (κ2) is 4.68. The van der Waals surface area contributed by atoms with Gasteiger partial charge in [0.2, 0.25) is 0 Å². The number of benzene rings is 2. The molecule has 1 heterocycles. The van der Waals surface area contributed by atoms with Crippen LogP contribution in [0.5, 0.6) is 5.75 Å². The summed E-state index contributed by atoms with van der Waals surface area (Å²) < 4.78 is 5.92. The maximum Gasteiger partial charge on any atom is 0.142 e. The molecule has 0 fully saturated rings. The van der Waals surface area contributed by atoms with Crippen LogP contribution in [0.2, 0.25) is 10.0 Å². The van der Waals surface area contributed by atoms with E-state index < -0.39 is 0 Å². The van der Waals surface area contributed by atoms with Gasteiger partial charge in [0.15, 0.2) is 0 Å². The van der Waals surface area contributed by atoms with Gasteiger partial charge in [0.05, 0.1) is 0 Å². The SMILES string of the molecule is Clc1ccc([C@H]2C=Cc3cc(Cl)ccc3O2)cc1. The highest BCUT2D eigenvalue weighted by Crippen LogP contribution is 2.34. The summed E-state index contributed by atoms with van der Waals surface area (Å²) >= 11 is 11.8. The van der Waals surface area contributed by atoms with Crippen LogP contribution >= 0.6 is 23.2 Å². The minimum absolute atomic E-state index is 0.0732. The van der Waals surface area contributed by atoms with E-state index >= 15 is 0 Å². The minimum atomic E-state index is -0.0732. The zero-order chi connectivity index (χ0) is 12.5. The third-order valence-electron chi connectivity index (χ3n) is 2.87. The van der Waals surface area contributed by atoms with Crippen molar-refractivity contribution in [3.63, 3.8) is 0 Å². The van der Waals surface area contributed by atoms with Crippen LogP contribution < -0.4 is 4.74 Å². The smallest absolute Gasteiger partial charge is 0.142 e. The second-order valence-electron chi connectivity index (χ2n) is 4.13. The van der Waals surface area contributed by atoms with Crippen molar-refractivity contribution in [2.75, 3.05) is 0 Å². The molecule has 3 heteroatoms. The van der Waals surface area contributed by atoms with Crippen molar-refractivity contribution in [2.24, 2.45) is 0 Å². The van der Waals surface area contributed by atoms with Crippen LogP contribution in [0.3, 0.4) is 0 Å². The molecule has 0 aromatic heterocycles. The lowest BCUT2D eigenvalue weighted by Gasteiger charge is -2.22. The van der Waals surface area contributed by atoms with Crippen LogP contribution in [0.4, 0.5) is 0 Å². The molecule has 1 aliphatic heterocycles. The highest BCUT2D eigenvalue weighted by molar-refractivity contribution is 6.31. The number of hydrogen-bond acceptors (Lipinski definition) is 1. The van der Waals surface area contributed by atoms with Crippen molar-refractivity contribution in [1.82, 2.24) is 0 Å². The van der Waals surface area contributed by atoms with Crippen molar-refractivity contribution < 1.29 is 4.74 Å². The topological polar surface area (TPSA) is 9.23 Å². The van der Waals surface area contributed by atoms with Crippen molar-refractivity contribution in [3.8, 4) is 5.75 Å². The molecule has 1 atom stereocenters. The molecule has 0 spiro atoms. The quantitative estimate of drug-likeness (QED) is 0.701. The van der Waals surface area contributed by atoms with Crippen LogP contribution in [0.15, 0.2) is 48.5 Å². The number of ether oxygens (including phenoxy) is 1. The zero-order valence-electron chi connectivity index (χ0n) is 9.44. The van der Waals surface area contributed by atoms with E-state index in [2.05, 4.69) is 0 Å². The standard InChI is InChI=1S/C15H10Cl2O/c16-12-4-1-10(2-5-12)14-7-3-11-9-13(17)6-8-15(11)18-14/h1-9,14H/t14-/m1/s1. The van der Waals surface area contributed by atoms with Crippen molar-refractivity contribution in [2.45, 2.75) is 6.10 Å². The van der Waals surface area contributed by atoms with Crippen LogP contribution in [0.25, 0.3) is 6.08 Å². The summed E-state index contributed by atoms with van der Waals surface area (Å²) in [6.07, 6.45) is 3.97. The van der Waals surface area contributed by atoms with Crippen LogP contribution in [-0.2, 0) is 0 Å². The van der Waals surface area contributed by atoms with Gasteiger partial charge in [0, 0.05) is 15.6 Å². The third kappa shape index (κ3) is 2.24. The van der Waals surface area contributed by atoms with Crippen LogP contribution in [-0.4, -0.2) is 0 Å². The lowest BCUT2D eigenvalue weighted by atomic mass is 10.0. The summed E-state index contributed by atoms with van der Waals surface area (Å²) in [5, 5.41) is 1.44. The van der Waals surface area contributed by atoms with Crippen LogP contribution in [0, 0.1) is 0 Å². The van der Waals surface area contributed by atoms with E-state index in [1.807, 2.05) is 54.6 Å². The monoisotopic (exact) mass is 276 g/mol. The molecule has 2 aromatic carbocycles. The first-order chi connectivity index (χ1) is 8.72. The maximum atomic E-state index is 5.94. The highest BCUT2D eigenvalue weighted by atomic mass is 35.5. The van der Waals surface area contributed by atoms with Gasteiger partial charge in [-0.25, -0.2) is 0 Å². The zero-order valence-corrected chi connectivity index (χ0v) is 10.9. The average molecular weight is 277 g/mol. The molecule has 90 valence electrons. The average Bonchev–Trinajstić information content (AvgIpc) is 2.39. The summed E-state index contributed by atoms with van der Waals surface area (Å²) in [4.78, 5) is 0. The van der Waals surface area contributed by atoms with E-state index in [9.17, 15) is 0 Å². The van der Waals surface area contributed by atoms with Gasteiger partial charge in [-0.15, -0.1) is 0 Å². The van der Waals surface area contributed by atoms with Gasteiger partial charge in [0.25, 0.3) is 0 Å². The Morgan fingerprint density at radius 1 is 0.889 bits per heavy atom. The fraction of sp³-hybridized carbons (Fsp3) is 0.0667. The van der Waals surface area contributed by atoms with Gasteiger partial charge >= 0.3 is 0 Å². The van der Waals surface area contributed by atoms with Gasteiger partial charge in [-0.3, -0.25) is 0 Å². The molecule has 0 amide bonds. The summed E-state index contributed by atoms with van der Waals surface area (Å²) in [5.41, 5.74) is 2.09. The molecule has 1 nitrogen and oxygen atoms in total. The lowest BCUT2D eigenvalue weighted by molar-refractivity contribution is 0.252. The summed E-state index contributed by atoms with van der Waals surface area (Å²) in [6, 6.07) is 13.3. The second-order valence-corrected chi connectivity index (χ2v) is 5.00. The Kier molecular flexibility index (Phi) is 3.02. The van der Waals surface area contributed by atoms with E-state index in [0.29, 0.717) is 5.02 Å². The number of rotatable bonds is 1. The first-order valence-electron chi connectivity index (χ1n) is 5.62. The van der Waals surface area contributed by atoms with E-state index in [0.717, 1.165) is 21.9 Å². The predicted molar refractivity (Wildman–Crippen MR) is 75.3 cm³/mol. The summed E-state index contributed by atoms with van der Waals surface area (Å²) in [6.45, 7) is 0. The number of halogens is 2. The van der Waals surface area contributed by atoms with Crippen molar-refractivity contribution in [3.05, 3.63) is 69.7 Å². The summed E-state index contributed by atoms with van der Waals surface area (Å²) in [7, 11) is 0. The fourth-order valence-electron chi connectivity index (χ4n) is 1.96. The first kappa shape index (κ1) is 11.6. The van der Waals surface area contributed by atoms with Gasteiger partial charge < -0.3 is 4.74 Å². The molecule has 0 radical (unpaired) electrons. The first-order valence-corrected chi connectivity index (χ1v) is 6.38. The minimum Gasteiger partial charge on any atom is -0.481 e. The molecule has 3 rings (SSSR count). The normalized spacial score (nSPS) is 17.1. The molecule has 18 heavy (non-hydrogen) atoms. The molecule has 1 aliphatic rings. The molecule has 0 saturated heterocycles. The highest BCUT2D eigenvalue weighted by Gasteiger charge is 2.16. The molecule has 0 N–H and O–H groups in total. The van der Waals surface area contributed by atoms with Crippen molar-refractivity contribution in [1.29, 1.82) is 0 Å². The Balaban J connectivity index is 1.92. The van der Waals surface area contributed by atoms with E-state index in [1.54, 1.807) is 0 Å². The largest absolute Gasteiger partial charge is 0.481 e. The molecule has 2 aromatic rings. The van der Waals surface area contributed by atoms with E-state index in [1.165, 1.54) is 0 Å². The molecule has 0 bridgehead atoms. The van der Waals surface area contributed by atoms with Gasteiger partial charge in [-0.2, -0.15) is 0 Å². The van der Waals surface area contributed by atoms with Gasteiger partial charge in [-0.05, 0) is 42.0 Å². The van der Waals surface area contributed by atoms with E-state index in [4.69, 9.17) is 27.9 Å². The molecular weight excluding hydrogens is 267 g/mol.